The van der Waals surface area contributed by atoms with Crippen LogP contribution in [0.5, 0.6) is 0 Å². The van der Waals surface area contributed by atoms with E-state index >= 15 is 0 Å². The normalized spacial score (nSPS) is 19.2. The average molecular weight is 511 g/mol. The summed E-state index contributed by atoms with van der Waals surface area (Å²) in [5, 5.41) is 13.7. The van der Waals surface area contributed by atoms with E-state index in [4.69, 9.17) is 28.6 Å². The fourth-order valence-electron chi connectivity index (χ4n) is 3.10. The number of allylic oxidation sites excluding steroid dienone is 2. The first-order valence-corrected chi connectivity index (χ1v) is 11.8. The first-order chi connectivity index (χ1) is 15.7. The van der Waals surface area contributed by atoms with Crippen LogP contribution in [0.4, 0.5) is 5.69 Å². The molecule has 2 aliphatic heterocycles. The van der Waals surface area contributed by atoms with Gasteiger partial charge in [0.05, 0.1) is 18.2 Å². The van der Waals surface area contributed by atoms with Crippen molar-refractivity contribution in [3.05, 3.63) is 52.2 Å². The molecular formula is C21H23ClN4O5S2. The van der Waals surface area contributed by atoms with Crippen molar-refractivity contribution in [2.24, 2.45) is 0 Å². The van der Waals surface area contributed by atoms with Gasteiger partial charge in [0, 0.05) is 30.1 Å². The molecule has 12 heteroatoms. The lowest BCUT2D eigenvalue weighted by Crippen LogP contribution is -2.47. The molecule has 1 aromatic carbocycles. The fourth-order valence-corrected chi connectivity index (χ4v) is 4.42. The van der Waals surface area contributed by atoms with E-state index in [9.17, 15) is 19.5 Å². The second-order valence-electron chi connectivity index (χ2n) is 7.26. The maximum Gasteiger partial charge on any atom is 0.326 e. The smallest absolute Gasteiger partial charge is 0.326 e. The number of amides is 2. The summed E-state index contributed by atoms with van der Waals surface area (Å²) in [5.41, 5.74) is 0.627. The standard InChI is InChI=1S/C21H23ClN4O5S2/c1-13(20(29)30)26(15-5-3-14(22)4-6-15)12-23-17(27)11-25-9-10-33-18(25)8-7-16-19(28)24(2)21(32)31-16/h3-8,13H,9-12H2,1-2H3,(H,23,27)(H,29,30)/b16-7-,18-8+. The Labute approximate surface area is 206 Å². The SMILES string of the molecule is CC(C(=O)O)N(CNC(=O)CN1CCS/C1=C/C=C1\OC(=S)N(C)C1=O)c1ccc(Cl)cc1. The number of carboxylic acids is 1. The van der Waals surface area contributed by atoms with Gasteiger partial charge in [0.15, 0.2) is 5.76 Å². The van der Waals surface area contributed by atoms with Crippen LogP contribution >= 0.6 is 35.6 Å². The number of likely N-dealkylation sites (N-methyl/N-ethyl adjacent to an activating group) is 1. The highest BCUT2D eigenvalue weighted by molar-refractivity contribution is 8.03. The highest BCUT2D eigenvalue weighted by Gasteiger charge is 2.30. The Hall–Kier alpha value is -2.76. The maximum atomic E-state index is 12.6. The summed E-state index contributed by atoms with van der Waals surface area (Å²) in [4.78, 5) is 40.9. The van der Waals surface area contributed by atoms with E-state index in [1.165, 1.54) is 11.9 Å². The third kappa shape index (κ3) is 6.18. The number of hydrogen-bond acceptors (Lipinski definition) is 8. The Kier molecular flexibility index (Phi) is 8.22. The van der Waals surface area contributed by atoms with Crippen LogP contribution in [0.1, 0.15) is 6.92 Å². The number of aliphatic carboxylic acids is 1. The van der Waals surface area contributed by atoms with Gasteiger partial charge in [-0.05, 0) is 55.6 Å². The molecule has 2 amide bonds. The Morgan fingerprint density at radius 1 is 1.36 bits per heavy atom. The highest BCUT2D eigenvalue weighted by atomic mass is 35.5. The molecule has 33 heavy (non-hydrogen) atoms. The van der Waals surface area contributed by atoms with E-state index < -0.39 is 12.0 Å². The number of halogens is 1. The van der Waals surface area contributed by atoms with Crippen LogP contribution < -0.4 is 10.2 Å². The topological polar surface area (TPSA) is 102 Å². The highest BCUT2D eigenvalue weighted by Crippen LogP contribution is 2.28. The summed E-state index contributed by atoms with van der Waals surface area (Å²) < 4.78 is 5.27. The van der Waals surface area contributed by atoms with E-state index in [0.717, 1.165) is 10.8 Å². The molecule has 0 bridgehead atoms. The lowest BCUT2D eigenvalue weighted by Gasteiger charge is -2.29. The number of nitrogens with zero attached hydrogens (tertiary/aromatic N) is 3. The molecule has 9 nitrogen and oxygen atoms in total. The van der Waals surface area contributed by atoms with Crippen molar-refractivity contribution in [1.82, 2.24) is 15.1 Å². The molecule has 1 unspecified atom stereocenters. The zero-order valence-electron chi connectivity index (χ0n) is 18.0. The molecule has 1 atom stereocenters. The summed E-state index contributed by atoms with van der Waals surface area (Å²) in [7, 11) is 1.54. The van der Waals surface area contributed by atoms with Crippen molar-refractivity contribution in [3.8, 4) is 0 Å². The van der Waals surface area contributed by atoms with Gasteiger partial charge in [-0.25, -0.2) is 4.79 Å². The molecule has 2 saturated heterocycles. The number of benzene rings is 1. The van der Waals surface area contributed by atoms with E-state index in [0.29, 0.717) is 17.3 Å². The molecule has 0 spiro atoms. The quantitative estimate of drug-likeness (QED) is 0.309. The van der Waals surface area contributed by atoms with E-state index in [2.05, 4.69) is 5.32 Å². The Balaban J connectivity index is 1.62. The second kappa shape index (κ2) is 10.9. The largest absolute Gasteiger partial charge is 0.480 e. The van der Waals surface area contributed by atoms with E-state index in [1.54, 1.807) is 60.0 Å². The van der Waals surface area contributed by atoms with Crippen LogP contribution in [0, 0.1) is 0 Å². The van der Waals surface area contributed by atoms with Gasteiger partial charge in [-0.1, -0.05) is 11.6 Å². The second-order valence-corrected chi connectivity index (χ2v) is 9.16. The number of thioether (sulfide) groups is 1. The van der Waals surface area contributed by atoms with Crippen LogP contribution in [0.15, 0.2) is 47.2 Å². The number of anilines is 1. The van der Waals surface area contributed by atoms with Gasteiger partial charge < -0.3 is 25.0 Å². The molecule has 2 aliphatic rings. The molecular weight excluding hydrogens is 488 g/mol. The van der Waals surface area contributed by atoms with Crippen molar-refractivity contribution in [3.63, 3.8) is 0 Å². The predicted octanol–water partition coefficient (Wildman–Crippen LogP) is 2.24. The van der Waals surface area contributed by atoms with Gasteiger partial charge in [0.25, 0.3) is 11.1 Å². The lowest BCUT2D eigenvalue weighted by atomic mass is 10.2. The summed E-state index contributed by atoms with van der Waals surface area (Å²) >= 11 is 12.4. The molecule has 176 valence electrons. The lowest BCUT2D eigenvalue weighted by molar-refractivity contribution is -0.138. The zero-order valence-corrected chi connectivity index (χ0v) is 20.4. The monoisotopic (exact) mass is 510 g/mol. The van der Waals surface area contributed by atoms with Gasteiger partial charge in [0.2, 0.25) is 5.91 Å². The van der Waals surface area contributed by atoms with E-state index in [-0.39, 0.29) is 36.0 Å². The van der Waals surface area contributed by atoms with Crippen molar-refractivity contribution in [2.45, 2.75) is 13.0 Å². The number of carbonyl (C=O) groups is 3. The van der Waals surface area contributed by atoms with Gasteiger partial charge >= 0.3 is 5.97 Å². The van der Waals surface area contributed by atoms with E-state index in [1.807, 2.05) is 4.90 Å². The molecule has 0 aromatic heterocycles. The van der Waals surface area contributed by atoms with Crippen LogP contribution in [0.25, 0.3) is 0 Å². The molecule has 2 heterocycles. The van der Waals surface area contributed by atoms with Crippen molar-refractivity contribution >= 4 is 64.2 Å². The average Bonchev–Trinajstić information content (AvgIpc) is 3.32. The maximum absolute atomic E-state index is 12.6. The minimum Gasteiger partial charge on any atom is -0.480 e. The van der Waals surface area contributed by atoms with Crippen LogP contribution in [-0.2, 0) is 19.1 Å². The Morgan fingerprint density at radius 2 is 2.06 bits per heavy atom. The molecule has 1 aromatic rings. The molecule has 0 radical (unpaired) electrons. The van der Waals surface area contributed by atoms with Crippen molar-refractivity contribution < 1.29 is 24.2 Å². The van der Waals surface area contributed by atoms with Gasteiger partial charge in [-0.3, -0.25) is 14.5 Å². The number of nitrogens with one attached hydrogen (secondary N) is 1. The minimum atomic E-state index is -1.01. The minimum absolute atomic E-state index is 0.0180. The van der Waals surface area contributed by atoms with Crippen molar-refractivity contribution in [2.75, 3.05) is 37.5 Å². The summed E-state index contributed by atoms with van der Waals surface area (Å²) in [6.07, 6.45) is 3.28. The fraction of sp³-hybridized carbons (Fsp3) is 0.333. The molecule has 3 rings (SSSR count). The van der Waals surface area contributed by atoms with Crippen LogP contribution in [0.3, 0.4) is 0 Å². The number of thiocarbonyl (C=S) groups is 1. The zero-order chi connectivity index (χ0) is 24.1. The van der Waals surface area contributed by atoms with Gasteiger partial charge in [-0.15, -0.1) is 11.8 Å². The van der Waals surface area contributed by atoms with Gasteiger partial charge in [0.1, 0.15) is 6.04 Å². The third-order valence-electron chi connectivity index (χ3n) is 5.05. The molecule has 0 aliphatic carbocycles. The molecule has 0 saturated carbocycles. The van der Waals surface area contributed by atoms with Crippen LogP contribution in [-0.4, -0.2) is 76.5 Å². The number of ether oxygens (including phenoxy) is 1. The first-order valence-electron chi connectivity index (χ1n) is 9.98. The number of rotatable bonds is 8. The predicted molar refractivity (Wildman–Crippen MR) is 131 cm³/mol. The molecule has 2 fully saturated rings. The Bertz CT molecular complexity index is 1010. The number of hydrogen-bond donors (Lipinski definition) is 2. The van der Waals surface area contributed by atoms with Crippen molar-refractivity contribution in [1.29, 1.82) is 0 Å². The van der Waals surface area contributed by atoms with Crippen LogP contribution in [0.2, 0.25) is 5.02 Å². The number of carbonyl (C=O) groups excluding carboxylic acids is 2. The molecule has 2 N–H and O–H groups in total. The number of carboxylic acid groups (broad SMARTS) is 1. The first kappa shape index (κ1) is 24.9. The summed E-state index contributed by atoms with van der Waals surface area (Å²) in [6, 6.07) is 5.88. The summed E-state index contributed by atoms with van der Waals surface area (Å²) in [5.74, 6) is -0.668. The Morgan fingerprint density at radius 3 is 2.67 bits per heavy atom. The summed E-state index contributed by atoms with van der Waals surface area (Å²) in [6.45, 7) is 2.31. The van der Waals surface area contributed by atoms with Gasteiger partial charge in [-0.2, -0.15) is 0 Å². The third-order valence-corrected chi connectivity index (χ3v) is 6.74.